The fourth-order valence-electron chi connectivity index (χ4n) is 2.50. The summed E-state index contributed by atoms with van der Waals surface area (Å²) in [6.07, 6.45) is 1.92. The molecule has 3 nitrogen and oxygen atoms in total. The topological polar surface area (TPSA) is 57.5 Å². The van der Waals surface area contributed by atoms with Crippen molar-refractivity contribution >= 4 is 6.29 Å². The largest absolute Gasteiger partial charge is 0.508 e. The molecule has 0 bridgehead atoms. The lowest BCUT2D eigenvalue weighted by Crippen LogP contribution is -1.93. The molecule has 3 rings (SSSR count). The lowest BCUT2D eigenvalue weighted by atomic mass is 9.90. The molecule has 0 spiro atoms. The summed E-state index contributed by atoms with van der Waals surface area (Å²) in [5.41, 5.74) is 3.07. The van der Waals surface area contributed by atoms with E-state index in [-0.39, 0.29) is 11.5 Å². The van der Waals surface area contributed by atoms with Crippen molar-refractivity contribution in [3.63, 3.8) is 0 Å². The molecule has 3 aromatic rings. The van der Waals surface area contributed by atoms with Crippen molar-refractivity contribution in [1.29, 1.82) is 0 Å². The van der Waals surface area contributed by atoms with Gasteiger partial charge in [-0.15, -0.1) is 0 Å². The fraction of sp³-hybridized carbons (Fsp3) is 0. The van der Waals surface area contributed by atoms with Crippen LogP contribution in [0.15, 0.2) is 66.7 Å². The van der Waals surface area contributed by atoms with Crippen LogP contribution in [-0.2, 0) is 4.79 Å². The second-order valence-electron chi connectivity index (χ2n) is 4.90. The first-order valence-corrected chi connectivity index (χ1v) is 6.79. The number of hydrogen-bond donors (Lipinski definition) is 2. The maximum Gasteiger partial charge on any atom is 0.234 e. The highest BCUT2D eigenvalue weighted by Crippen LogP contribution is 2.40. The minimum atomic E-state index is 0.0910. The second-order valence-corrected chi connectivity index (χ2v) is 4.90. The highest BCUT2D eigenvalue weighted by atomic mass is 16.3. The van der Waals surface area contributed by atoms with E-state index in [1.165, 1.54) is 12.1 Å². The molecule has 1 radical (unpaired) electrons. The number of benzene rings is 3. The number of phenolic OH excluding ortho intramolecular Hbond substituents is 2. The van der Waals surface area contributed by atoms with Gasteiger partial charge in [0.1, 0.15) is 11.5 Å². The minimum absolute atomic E-state index is 0.0910. The van der Waals surface area contributed by atoms with Crippen LogP contribution in [0.4, 0.5) is 0 Å². The number of rotatable bonds is 3. The highest BCUT2D eigenvalue weighted by Gasteiger charge is 2.16. The minimum Gasteiger partial charge on any atom is -0.508 e. The van der Waals surface area contributed by atoms with Gasteiger partial charge in [-0.3, -0.25) is 4.79 Å². The van der Waals surface area contributed by atoms with E-state index in [2.05, 4.69) is 0 Å². The van der Waals surface area contributed by atoms with Gasteiger partial charge in [0.15, 0.2) is 0 Å². The van der Waals surface area contributed by atoms with Gasteiger partial charge in [-0.25, -0.2) is 0 Å². The summed E-state index contributed by atoms with van der Waals surface area (Å²) < 4.78 is 0. The van der Waals surface area contributed by atoms with Gasteiger partial charge in [-0.2, -0.15) is 0 Å². The lowest BCUT2D eigenvalue weighted by Gasteiger charge is -2.14. The molecule has 0 atom stereocenters. The highest BCUT2D eigenvalue weighted by molar-refractivity contribution is 5.98. The maximum absolute atomic E-state index is 11.3. The number of hydrogen-bond acceptors (Lipinski definition) is 3. The predicted octanol–water partition coefficient (Wildman–Crippen LogP) is 3.89. The molecule has 0 aromatic heterocycles. The van der Waals surface area contributed by atoms with Crippen LogP contribution in [0.5, 0.6) is 11.5 Å². The predicted molar refractivity (Wildman–Crippen MR) is 85.4 cm³/mol. The Hall–Kier alpha value is -3.07. The quantitative estimate of drug-likeness (QED) is 0.769. The van der Waals surface area contributed by atoms with E-state index >= 15 is 0 Å². The van der Waals surface area contributed by atoms with E-state index in [0.29, 0.717) is 16.7 Å². The normalized spacial score (nSPS) is 10.4. The molecular weight excluding hydrogens is 276 g/mol. The van der Waals surface area contributed by atoms with E-state index in [1.807, 2.05) is 36.6 Å². The third-order valence-electron chi connectivity index (χ3n) is 3.51. The lowest BCUT2D eigenvalue weighted by molar-refractivity contribution is 0.475. The molecule has 0 saturated carbocycles. The Morgan fingerprint density at radius 1 is 0.682 bits per heavy atom. The zero-order valence-corrected chi connectivity index (χ0v) is 11.7. The number of phenols is 2. The fourth-order valence-corrected chi connectivity index (χ4v) is 2.50. The molecule has 107 valence electrons. The molecule has 0 amide bonds. The average molecular weight is 289 g/mol. The first-order valence-electron chi connectivity index (χ1n) is 6.79. The molecule has 0 aliphatic carbocycles. The van der Waals surface area contributed by atoms with Gasteiger partial charge in [0.25, 0.3) is 0 Å². The van der Waals surface area contributed by atoms with Crippen molar-refractivity contribution in [3.05, 3.63) is 72.3 Å². The van der Waals surface area contributed by atoms with Crippen LogP contribution in [0.25, 0.3) is 22.3 Å². The molecule has 0 aliphatic rings. The molecule has 0 saturated heterocycles. The molecule has 0 aliphatic heterocycles. The Morgan fingerprint density at radius 3 is 1.95 bits per heavy atom. The maximum atomic E-state index is 11.3. The van der Waals surface area contributed by atoms with Crippen molar-refractivity contribution in [1.82, 2.24) is 0 Å². The molecule has 3 aromatic carbocycles. The SMILES string of the molecule is O=[C]c1ccc(O)c(-c2ccccc2)c1-c1ccc(O)cc1. The Labute approximate surface area is 128 Å². The van der Waals surface area contributed by atoms with Crippen LogP contribution in [0.3, 0.4) is 0 Å². The van der Waals surface area contributed by atoms with Crippen molar-refractivity contribution in [2.45, 2.75) is 0 Å². The summed E-state index contributed by atoms with van der Waals surface area (Å²) in [5, 5.41) is 19.7. The van der Waals surface area contributed by atoms with Crippen molar-refractivity contribution in [2.24, 2.45) is 0 Å². The molecule has 0 fully saturated rings. The van der Waals surface area contributed by atoms with Gasteiger partial charge in [-0.1, -0.05) is 42.5 Å². The van der Waals surface area contributed by atoms with Crippen LogP contribution >= 0.6 is 0 Å². The summed E-state index contributed by atoms with van der Waals surface area (Å²) in [4.78, 5) is 11.3. The van der Waals surface area contributed by atoms with Gasteiger partial charge in [0.2, 0.25) is 6.29 Å². The zero-order chi connectivity index (χ0) is 15.5. The smallest absolute Gasteiger partial charge is 0.234 e. The third-order valence-corrected chi connectivity index (χ3v) is 3.51. The summed E-state index contributed by atoms with van der Waals surface area (Å²) >= 11 is 0. The summed E-state index contributed by atoms with van der Waals surface area (Å²) in [6.45, 7) is 0. The molecule has 0 unspecified atom stereocenters. The third kappa shape index (κ3) is 2.44. The summed E-state index contributed by atoms with van der Waals surface area (Å²) in [7, 11) is 0. The second kappa shape index (κ2) is 5.74. The average Bonchev–Trinajstić information content (AvgIpc) is 2.56. The Bertz CT molecular complexity index is 806. The zero-order valence-electron chi connectivity index (χ0n) is 11.7. The van der Waals surface area contributed by atoms with Crippen LogP contribution < -0.4 is 0 Å². The Morgan fingerprint density at radius 2 is 1.32 bits per heavy atom. The van der Waals surface area contributed by atoms with Crippen LogP contribution in [0.2, 0.25) is 0 Å². The van der Waals surface area contributed by atoms with Crippen LogP contribution in [-0.4, -0.2) is 16.5 Å². The molecule has 2 N–H and O–H groups in total. The van der Waals surface area contributed by atoms with E-state index in [4.69, 9.17) is 0 Å². The summed E-state index contributed by atoms with van der Waals surface area (Å²) in [6, 6.07) is 18.9. The first kappa shape index (κ1) is 13.9. The van der Waals surface area contributed by atoms with E-state index in [0.717, 1.165) is 11.1 Å². The van der Waals surface area contributed by atoms with Crippen molar-refractivity contribution in [3.8, 4) is 33.8 Å². The van der Waals surface area contributed by atoms with Gasteiger partial charge in [0.05, 0.1) is 0 Å². The summed E-state index contributed by atoms with van der Waals surface area (Å²) in [5.74, 6) is 0.232. The van der Waals surface area contributed by atoms with Gasteiger partial charge >= 0.3 is 0 Å². The standard InChI is InChI=1S/C19H13O3/c20-12-15-8-11-17(22)19(13-4-2-1-3-5-13)18(15)14-6-9-16(21)10-7-14/h1-11,21-22H. The Kier molecular flexibility index (Phi) is 3.62. The Balaban J connectivity index is 2.33. The monoisotopic (exact) mass is 289 g/mol. The van der Waals surface area contributed by atoms with Crippen LogP contribution in [0.1, 0.15) is 5.56 Å². The van der Waals surface area contributed by atoms with E-state index < -0.39 is 0 Å². The molecular formula is C19H13O3. The first-order chi connectivity index (χ1) is 10.7. The molecule has 3 heteroatoms. The van der Waals surface area contributed by atoms with Gasteiger partial charge in [-0.05, 0) is 35.4 Å². The molecule has 0 heterocycles. The van der Waals surface area contributed by atoms with E-state index in [9.17, 15) is 15.0 Å². The van der Waals surface area contributed by atoms with Crippen LogP contribution in [0, 0.1) is 0 Å². The number of aromatic hydroxyl groups is 2. The van der Waals surface area contributed by atoms with Crippen molar-refractivity contribution < 1.29 is 15.0 Å². The van der Waals surface area contributed by atoms with Gasteiger partial charge in [0, 0.05) is 16.7 Å². The van der Waals surface area contributed by atoms with E-state index in [1.54, 1.807) is 24.3 Å². The van der Waals surface area contributed by atoms with Gasteiger partial charge < -0.3 is 10.2 Å². The van der Waals surface area contributed by atoms with Crippen molar-refractivity contribution in [2.75, 3.05) is 0 Å². The molecule has 22 heavy (non-hydrogen) atoms. The number of carbonyl (C=O) groups excluding carboxylic acids is 1.